The highest BCUT2D eigenvalue weighted by Crippen LogP contribution is 2.36. The summed E-state index contributed by atoms with van der Waals surface area (Å²) in [7, 11) is 0. The third-order valence-electron chi connectivity index (χ3n) is 8.50. The zero-order valence-corrected chi connectivity index (χ0v) is 23.6. The summed E-state index contributed by atoms with van der Waals surface area (Å²) < 4.78 is 3.99. The van der Waals surface area contributed by atoms with Crippen molar-refractivity contribution in [2.24, 2.45) is 0 Å². The van der Waals surface area contributed by atoms with Gasteiger partial charge in [0.05, 0.1) is 27.5 Å². The Bertz CT molecular complexity index is 2620. The summed E-state index contributed by atoms with van der Waals surface area (Å²) in [5, 5.41) is 3.79. The number of hydrogen-bond acceptors (Lipinski definition) is 3. The second kappa shape index (κ2) is 9.48. The largest absolute Gasteiger partial charge is 0.309 e. The number of rotatable bonds is 3. The monoisotopic (exact) mass is 564 g/mol. The predicted molar refractivity (Wildman–Crippen MR) is 179 cm³/mol. The van der Waals surface area contributed by atoms with E-state index in [4.69, 9.17) is 9.97 Å². The molecular formula is C39H24N4O. The van der Waals surface area contributed by atoms with E-state index in [1.54, 1.807) is 4.40 Å². The second-order valence-electron chi connectivity index (χ2n) is 11.0. The quantitative estimate of drug-likeness (QED) is 0.159. The standard InChI is InChI=1S/C39H24N4O/c44-39-30-16-7-9-17-33(30)41-38-32-24-26(19-21-34(32)40-37(43(38)39)25-11-3-1-4-12-25)27-20-22-36-31(23-27)29-15-8-10-18-35(29)42(36)28-13-5-2-6-14-28/h1-24H. The number of hydrogen-bond donors (Lipinski definition) is 0. The van der Waals surface area contributed by atoms with Gasteiger partial charge in [-0.25, -0.2) is 14.4 Å². The molecular weight excluding hydrogens is 540 g/mol. The minimum atomic E-state index is -0.126. The van der Waals surface area contributed by atoms with Crippen LogP contribution >= 0.6 is 0 Å². The lowest BCUT2D eigenvalue weighted by molar-refractivity contribution is 1.05. The Hall–Kier alpha value is -6.07. The first kappa shape index (κ1) is 24.5. The maximum absolute atomic E-state index is 14.0. The van der Waals surface area contributed by atoms with Crippen molar-refractivity contribution in [1.82, 2.24) is 18.9 Å². The molecule has 0 N–H and O–H groups in total. The van der Waals surface area contributed by atoms with Gasteiger partial charge < -0.3 is 4.57 Å². The molecule has 0 fully saturated rings. The molecule has 9 rings (SSSR count). The second-order valence-corrected chi connectivity index (χ2v) is 11.0. The number of aromatic nitrogens is 4. The Balaban J connectivity index is 1.31. The Morgan fingerprint density at radius 1 is 0.455 bits per heavy atom. The van der Waals surface area contributed by atoms with Gasteiger partial charge >= 0.3 is 0 Å². The van der Waals surface area contributed by atoms with Crippen molar-refractivity contribution < 1.29 is 0 Å². The molecule has 0 saturated carbocycles. The van der Waals surface area contributed by atoms with Gasteiger partial charge in [0.2, 0.25) is 0 Å². The molecule has 0 unspecified atom stereocenters. The SMILES string of the molecule is O=c1c2ccccc2nc2c3cc(-c4ccc5c(c4)c4ccccc4n5-c4ccccc4)ccc3nc(-c3ccccc3)n12. The van der Waals surface area contributed by atoms with Crippen LogP contribution in [-0.2, 0) is 0 Å². The van der Waals surface area contributed by atoms with E-state index >= 15 is 0 Å². The van der Waals surface area contributed by atoms with Gasteiger partial charge in [-0.2, -0.15) is 0 Å². The highest BCUT2D eigenvalue weighted by Gasteiger charge is 2.17. The van der Waals surface area contributed by atoms with Crippen LogP contribution < -0.4 is 5.56 Å². The lowest BCUT2D eigenvalue weighted by Gasteiger charge is -2.13. The van der Waals surface area contributed by atoms with Gasteiger partial charge in [-0.1, -0.05) is 91.0 Å². The fourth-order valence-corrected chi connectivity index (χ4v) is 6.45. The van der Waals surface area contributed by atoms with Gasteiger partial charge in [0.25, 0.3) is 5.56 Å². The molecule has 0 amide bonds. The summed E-state index contributed by atoms with van der Waals surface area (Å²) in [5.74, 6) is 0.583. The Kier molecular flexibility index (Phi) is 5.28. The van der Waals surface area contributed by atoms with Gasteiger partial charge in [0, 0.05) is 27.4 Å². The summed E-state index contributed by atoms with van der Waals surface area (Å²) in [5.41, 5.74) is 8.38. The molecule has 5 nitrogen and oxygen atoms in total. The van der Waals surface area contributed by atoms with Crippen molar-refractivity contribution in [2.45, 2.75) is 0 Å². The van der Waals surface area contributed by atoms with Gasteiger partial charge in [0.15, 0.2) is 5.65 Å². The molecule has 6 aromatic carbocycles. The van der Waals surface area contributed by atoms with Crippen molar-refractivity contribution in [1.29, 1.82) is 0 Å². The normalized spacial score (nSPS) is 11.7. The molecule has 0 radical (unpaired) electrons. The predicted octanol–water partition coefficient (Wildman–Crippen LogP) is 8.83. The van der Waals surface area contributed by atoms with Crippen LogP contribution in [0.1, 0.15) is 0 Å². The minimum absolute atomic E-state index is 0.126. The molecule has 0 atom stereocenters. The third kappa shape index (κ3) is 3.63. The highest BCUT2D eigenvalue weighted by atomic mass is 16.1. The van der Waals surface area contributed by atoms with Crippen LogP contribution in [0.5, 0.6) is 0 Å². The van der Waals surface area contributed by atoms with Crippen LogP contribution in [0.2, 0.25) is 0 Å². The van der Waals surface area contributed by atoms with E-state index in [0.29, 0.717) is 22.4 Å². The molecule has 0 aliphatic rings. The van der Waals surface area contributed by atoms with E-state index in [1.165, 1.54) is 16.3 Å². The Morgan fingerprint density at radius 2 is 1.07 bits per heavy atom. The zero-order chi connectivity index (χ0) is 29.2. The smallest absolute Gasteiger partial charge is 0.267 e. The van der Waals surface area contributed by atoms with Crippen LogP contribution in [0.25, 0.3) is 77.5 Å². The maximum atomic E-state index is 14.0. The van der Waals surface area contributed by atoms with E-state index in [-0.39, 0.29) is 5.56 Å². The van der Waals surface area contributed by atoms with Gasteiger partial charge in [-0.05, 0) is 65.7 Å². The van der Waals surface area contributed by atoms with E-state index in [1.807, 2.05) is 66.7 Å². The van der Waals surface area contributed by atoms with Crippen molar-refractivity contribution in [3.8, 4) is 28.2 Å². The molecule has 3 heterocycles. The average Bonchev–Trinajstić information content (AvgIpc) is 3.42. The van der Waals surface area contributed by atoms with E-state index < -0.39 is 0 Å². The minimum Gasteiger partial charge on any atom is -0.309 e. The summed E-state index contributed by atoms with van der Waals surface area (Å²) >= 11 is 0. The summed E-state index contributed by atoms with van der Waals surface area (Å²) in [6.45, 7) is 0. The van der Waals surface area contributed by atoms with Crippen LogP contribution in [0, 0.1) is 0 Å². The van der Waals surface area contributed by atoms with Crippen LogP contribution in [-0.4, -0.2) is 18.9 Å². The molecule has 0 spiro atoms. The molecule has 0 aliphatic heterocycles. The van der Waals surface area contributed by atoms with Crippen LogP contribution in [0.4, 0.5) is 0 Å². The van der Waals surface area contributed by atoms with Gasteiger partial charge in [0.1, 0.15) is 5.82 Å². The van der Waals surface area contributed by atoms with E-state index in [2.05, 4.69) is 83.4 Å². The molecule has 9 aromatic rings. The first-order chi connectivity index (χ1) is 21.7. The fraction of sp³-hybridized carbons (Fsp3) is 0. The third-order valence-corrected chi connectivity index (χ3v) is 8.50. The van der Waals surface area contributed by atoms with Crippen molar-refractivity contribution in [3.05, 3.63) is 156 Å². The average molecular weight is 565 g/mol. The molecule has 0 bridgehead atoms. The van der Waals surface area contributed by atoms with Crippen molar-refractivity contribution in [3.63, 3.8) is 0 Å². The molecule has 5 heteroatoms. The molecule has 0 saturated heterocycles. The lowest BCUT2D eigenvalue weighted by atomic mass is 10.0. The number of benzene rings is 6. The maximum Gasteiger partial charge on any atom is 0.267 e. The molecule has 3 aromatic heterocycles. The first-order valence-electron chi connectivity index (χ1n) is 14.6. The van der Waals surface area contributed by atoms with Crippen molar-refractivity contribution in [2.75, 3.05) is 0 Å². The number of para-hydroxylation sites is 3. The van der Waals surface area contributed by atoms with Gasteiger partial charge in [-0.15, -0.1) is 0 Å². The molecule has 0 aliphatic carbocycles. The topological polar surface area (TPSA) is 52.2 Å². The molecule has 206 valence electrons. The van der Waals surface area contributed by atoms with Crippen molar-refractivity contribution >= 4 is 49.3 Å². The van der Waals surface area contributed by atoms with Gasteiger partial charge in [-0.3, -0.25) is 4.79 Å². The summed E-state index contributed by atoms with van der Waals surface area (Å²) in [4.78, 5) is 24.0. The Morgan fingerprint density at radius 3 is 1.89 bits per heavy atom. The van der Waals surface area contributed by atoms with Crippen LogP contribution in [0.15, 0.2) is 150 Å². The highest BCUT2D eigenvalue weighted by molar-refractivity contribution is 6.10. The first-order valence-corrected chi connectivity index (χ1v) is 14.6. The Labute approximate surface area is 251 Å². The van der Waals surface area contributed by atoms with E-state index in [9.17, 15) is 4.79 Å². The lowest BCUT2D eigenvalue weighted by Crippen LogP contribution is -2.18. The fourth-order valence-electron chi connectivity index (χ4n) is 6.45. The number of nitrogens with zero attached hydrogens (tertiary/aromatic N) is 4. The zero-order valence-electron chi connectivity index (χ0n) is 23.6. The number of fused-ring (bicyclic) bond motifs is 7. The van der Waals surface area contributed by atoms with Crippen LogP contribution in [0.3, 0.4) is 0 Å². The molecule has 44 heavy (non-hydrogen) atoms. The summed E-state index contributed by atoms with van der Waals surface area (Å²) in [6.07, 6.45) is 0. The summed E-state index contributed by atoms with van der Waals surface area (Å²) in [6, 6.07) is 49.3. The van der Waals surface area contributed by atoms with E-state index in [0.717, 1.165) is 38.8 Å².